The molecule has 1 aromatic rings. The number of nitrogens with zero attached hydrogens (tertiary/aromatic N) is 3. The molecule has 1 aromatic carbocycles. The minimum atomic E-state index is -1.09. The number of aliphatic carboxylic acids is 1. The molecule has 24 heavy (non-hydrogen) atoms. The highest BCUT2D eigenvalue weighted by molar-refractivity contribution is 8.15. The van der Waals surface area contributed by atoms with E-state index in [1.54, 1.807) is 6.07 Å². The number of carbonyl (C=O) groups excluding carboxylic acids is 1. The van der Waals surface area contributed by atoms with Gasteiger partial charge in [0.2, 0.25) is 5.91 Å². The van der Waals surface area contributed by atoms with Crippen molar-refractivity contribution in [2.24, 2.45) is 10.2 Å². The number of methoxy groups -OCH3 is 1. The Bertz CT molecular complexity index is 748. The van der Waals surface area contributed by atoms with Crippen LogP contribution < -0.4 is 10.1 Å². The van der Waals surface area contributed by atoms with Crippen molar-refractivity contribution in [2.75, 3.05) is 7.11 Å². The summed E-state index contributed by atoms with van der Waals surface area (Å²) in [6.45, 7) is 0. The van der Waals surface area contributed by atoms with Gasteiger partial charge in [0.25, 0.3) is 0 Å². The van der Waals surface area contributed by atoms with Gasteiger partial charge in [0.15, 0.2) is 10.9 Å². The number of nitrogens with one attached hydrogen (secondary N) is 1. The first kappa shape index (κ1) is 17.4. The molecule has 0 saturated carbocycles. The second kappa shape index (κ2) is 7.55. The Labute approximate surface area is 139 Å². The predicted octanol–water partition coefficient (Wildman–Crippen LogP) is 1.000. The summed E-state index contributed by atoms with van der Waals surface area (Å²) in [5, 5.41) is 29.0. The quantitative estimate of drug-likeness (QED) is 0.441. The Morgan fingerprint density at radius 1 is 1.58 bits per heavy atom. The van der Waals surface area contributed by atoms with Crippen LogP contribution in [0.3, 0.4) is 0 Å². The number of ether oxygens (including phenoxy) is 1. The van der Waals surface area contributed by atoms with E-state index in [1.165, 1.54) is 25.5 Å². The molecule has 1 amide bonds. The zero-order valence-electron chi connectivity index (χ0n) is 12.3. The first-order chi connectivity index (χ1) is 11.4. The van der Waals surface area contributed by atoms with Gasteiger partial charge in [-0.15, -0.1) is 5.10 Å². The molecule has 1 saturated heterocycles. The summed E-state index contributed by atoms with van der Waals surface area (Å²) >= 11 is 0.963. The smallest absolute Gasteiger partial charge is 0.311 e. The van der Waals surface area contributed by atoms with E-state index in [0.717, 1.165) is 11.8 Å². The Kier molecular flexibility index (Phi) is 5.47. The molecule has 1 atom stereocenters. The van der Waals surface area contributed by atoms with Crippen LogP contribution in [0.25, 0.3) is 0 Å². The van der Waals surface area contributed by atoms with Crippen LogP contribution in [0.5, 0.6) is 5.75 Å². The summed E-state index contributed by atoms with van der Waals surface area (Å²) in [5.74, 6) is -1.41. The maximum absolute atomic E-state index is 11.5. The maximum atomic E-state index is 11.5. The fourth-order valence-electron chi connectivity index (χ4n) is 1.82. The molecule has 2 rings (SSSR count). The van der Waals surface area contributed by atoms with E-state index < -0.39 is 22.0 Å². The third kappa shape index (κ3) is 4.29. The molecule has 1 aliphatic heterocycles. The minimum absolute atomic E-state index is 0.124. The summed E-state index contributed by atoms with van der Waals surface area (Å²) < 4.78 is 4.89. The highest BCUT2D eigenvalue weighted by Crippen LogP contribution is 2.27. The van der Waals surface area contributed by atoms with Crippen molar-refractivity contribution >= 4 is 40.7 Å². The summed E-state index contributed by atoms with van der Waals surface area (Å²) in [4.78, 5) is 32.5. The average Bonchev–Trinajstić information content (AvgIpc) is 2.86. The molecule has 126 valence electrons. The van der Waals surface area contributed by atoms with Crippen molar-refractivity contribution in [3.63, 3.8) is 0 Å². The van der Waals surface area contributed by atoms with Gasteiger partial charge in [-0.25, -0.2) is 0 Å². The van der Waals surface area contributed by atoms with E-state index in [2.05, 4.69) is 15.5 Å². The number of amides is 1. The number of amidine groups is 1. The molecule has 0 aliphatic carbocycles. The second-order valence-electron chi connectivity index (χ2n) is 4.53. The number of carboxylic acids is 1. The average molecular weight is 352 g/mol. The number of nitro groups is 1. The number of carboxylic acid groups (broad SMARTS) is 1. The van der Waals surface area contributed by atoms with Gasteiger partial charge >= 0.3 is 11.7 Å². The Balaban J connectivity index is 2.09. The highest BCUT2D eigenvalue weighted by Gasteiger charge is 2.32. The molecule has 0 aromatic heterocycles. The maximum Gasteiger partial charge on any atom is 0.311 e. The Hall–Kier alpha value is -2.95. The second-order valence-corrected chi connectivity index (χ2v) is 5.72. The predicted molar refractivity (Wildman–Crippen MR) is 86.5 cm³/mol. The van der Waals surface area contributed by atoms with Crippen molar-refractivity contribution in [1.82, 2.24) is 5.32 Å². The lowest BCUT2D eigenvalue weighted by atomic mass is 10.2. The van der Waals surface area contributed by atoms with Crippen LogP contribution in [0.15, 0.2) is 28.4 Å². The lowest BCUT2D eigenvalue weighted by Crippen LogP contribution is -2.26. The molecule has 0 bridgehead atoms. The normalized spacial score (nSPS) is 18.8. The lowest BCUT2D eigenvalue weighted by molar-refractivity contribution is -0.385. The Morgan fingerprint density at radius 3 is 2.96 bits per heavy atom. The van der Waals surface area contributed by atoms with Crippen LogP contribution >= 0.6 is 11.8 Å². The zero-order chi connectivity index (χ0) is 17.7. The van der Waals surface area contributed by atoms with Gasteiger partial charge < -0.3 is 15.2 Å². The van der Waals surface area contributed by atoms with Gasteiger partial charge in [0, 0.05) is 11.6 Å². The van der Waals surface area contributed by atoms with Crippen LogP contribution in [0.1, 0.15) is 12.0 Å². The molecule has 1 fully saturated rings. The van der Waals surface area contributed by atoms with Crippen molar-refractivity contribution in [2.45, 2.75) is 11.7 Å². The van der Waals surface area contributed by atoms with Crippen LogP contribution in [0.2, 0.25) is 0 Å². The van der Waals surface area contributed by atoms with Gasteiger partial charge in [-0.2, -0.15) is 5.10 Å². The van der Waals surface area contributed by atoms with E-state index in [-0.39, 0.29) is 23.0 Å². The first-order valence-electron chi connectivity index (χ1n) is 6.53. The van der Waals surface area contributed by atoms with Crippen molar-refractivity contribution < 1.29 is 24.4 Å². The molecule has 1 unspecified atom stereocenters. The number of carbonyl (C=O) groups is 2. The van der Waals surface area contributed by atoms with Crippen LogP contribution in [0.4, 0.5) is 5.69 Å². The SMILES string of the molecule is COc1ccc(C=NN=C2NC(=O)C(CC(=O)O)S2)cc1[N+](=O)[O-]. The molecule has 2 N–H and O–H groups in total. The van der Waals surface area contributed by atoms with Gasteiger partial charge in [-0.3, -0.25) is 19.7 Å². The van der Waals surface area contributed by atoms with Crippen molar-refractivity contribution in [3.8, 4) is 5.75 Å². The van der Waals surface area contributed by atoms with Gasteiger partial charge in [-0.1, -0.05) is 11.8 Å². The molecule has 1 aliphatic rings. The summed E-state index contributed by atoms with van der Waals surface area (Å²) in [6, 6.07) is 4.26. The number of hydrogen-bond donors (Lipinski definition) is 2. The number of hydrogen-bond acceptors (Lipinski definition) is 8. The molecule has 11 heteroatoms. The van der Waals surface area contributed by atoms with Crippen LogP contribution in [0, 0.1) is 10.1 Å². The molecule has 0 radical (unpaired) electrons. The van der Waals surface area contributed by atoms with E-state index in [4.69, 9.17) is 9.84 Å². The monoisotopic (exact) mass is 352 g/mol. The molecular formula is C13H12N4O6S. The topological polar surface area (TPSA) is 143 Å². The molecular weight excluding hydrogens is 340 g/mol. The zero-order valence-corrected chi connectivity index (χ0v) is 13.1. The van der Waals surface area contributed by atoms with Crippen LogP contribution in [-0.4, -0.2) is 45.6 Å². The van der Waals surface area contributed by atoms with Crippen LogP contribution in [-0.2, 0) is 9.59 Å². The van der Waals surface area contributed by atoms with E-state index >= 15 is 0 Å². The number of benzene rings is 1. The largest absolute Gasteiger partial charge is 0.490 e. The van der Waals surface area contributed by atoms with E-state index in [1.807, 2.05) is 0 Å². The fourth-order valence-corrected chi connectivity index (χ4v) is 2.74. The third-order valence-corrected chi connectivity index (χ3v) is 3.96. The van der Waals surface area contributed by atoms with E-state index in [9.17, 15) is 19.7 Å². The highest BCUT2D eigenvalue weighted by atomic mass is 32.2. The molecule has 0 spiro atoms. The summed E-state index contributed by atoms with van der Waals surface area (Å²) in [7, 11) is 1.33. The van der Waals surface area contributed by atoms with Gasteiger partial charge in [0.1, 0.15) is 5.25 Å². The number of rotatable bonds is 6. The minimum Gasteiger partial charge on any atom is -0.490 e. The fraction of sp³-hybridized carbons (Fsp3) is 0.231. The molecule has 1 heterocycles. The summed E-state index contributed by atoms with van der Waals surface area (Å²) in [5.41, 5.74) is 0.211. The number of nitro benzene ring substituents is 1. The lowest BCUT2D eigenvalue weighted by Gasteiger charge is -2.01. The summed E-state index contributed by atoms with van der Waals surface area (Å²) in [6.07, 6.45) is 0.959. The van der Waals surface area contributed by atoms with Gasteiger partial charge in [-0.05, 0) is 12.1 Å². The first-order valence-corrected chi connectivity index (χ1v) is 7.41. The van der Waals surface area contributed by atoms with Gasteiger partial charge in [0.05, 0.1) is 24.7 Å². The standard InChI is InChI=1S/C13H12N4O6S/c1-23-9-3-2-7(4-8(9)17(21)22)6-14-16-13-15-12(20)10(24-13)5-11(18)19/h2-4,6,10H,5H2,1H3,(H,18,19)(H,15,16,20). The Morgan fingerprint density at radius 2 is 2.33 bits per heavy atom. The number of thioether (sulfide) groups is 1. The third-order valence-electron chi connectivity index (χ3n) is 2.89. The van der Waals surface area contributed by atoms with E-state index in [0.29, 0.717) is 5.56 Å². The molecule has 10 nitrogen and oxygen atoms in total. The van der Waals surface area contributed by atoms with Crippen molar-refractivity contribution in [1.29, 1.82) is 0 Å². The van der Waals surface area contributed by atoms with Crippen molar-refractivity contribution in [3.05, 3.63) is 33.9 Å².